The lowest BCUT2D eigenvalue weighted by atomic mass is 10.0. The molecule has 0 radical (unpaired) electrons. The maximum Gasteiger partial charge on any atom is 0.280 e. The number of nitrogens with one attached hydrogen (secondary N) is 1. The van der Waals surface area contributed by atoms with Gasteiger partial charge in [-0.3, -0.25) is 15.1 Å². The molecule has 192 valence electrons. The molecule has 4 aromatic rings. The van der Waals surface area contributed by atoms with Crippen molar-refractivity contribution in [3.8, 4) is 17.1 Å². The summed E-state index contributed by atoms with van der Waals surface area (Å²) in [6.07, 6.45) is 6.64. The number of aromatic nitrogens is 1. The first kappa shape index (κ1) is 24.1. The minimum atomic E-state index is -0.401. The Labute approximate surface area is 225 Å². The van der Waals surface area contributed by atoms with E-state index in [4.69, 9.17) is 21.4 Å². The predicted molar refractivity (Wildman–Crippen MR) is 148 cm³/mol. The third-order valence-corrected chi connectivity index (χ3v) is 7.42. The van der Waals surface area contributed by atoms with E-state index >= 15 is 0 Å². The van der Waals surface area contributed by atoms with Crippen molar-refractivity contribution >= 4 is 28.7 Å². The molecule has 2 aromatic heterocycles. The average Bonchev–Trinajstić information content (AvgIpc) is 3.70. The van der Waals surface area contributed by atoms with Crippen molar-refractivity contribution in [2.75, 3.05) is 4.90 Å². The van der Waals surface area contributed by atoms with E-state index in [9.17, 15) is 10.1 Å². The maximum absolute atomic E-state index is 11.6. The Balaban J connectivity index is 1.37. The highest BCUT2D eigenvalue weighted by Crippen LogP contribution is 2.44. The molecule has 38 heavy (non-hydrogen) atoms. The fourth-order valence-electron chi connectivity index (χ4n) is 5.30. The Kier molecular flexibility index (Phi) is 6.51. The monoisotopic (exact) mass is 526 g/mol. The van der Waals surface area contributed by atoms with Crippen molar-refractivity contribution in [3.05, 3.63) is 107 Å². The fourth-order valence-corrected chi connectivity index (χ4v) is 5.65. The number of benzene rings is 2. The van der Waals surface area contributed by atoms with E-state index in [1.165, 1.54) is 18.9 Å². The number of hydrogen-bond acceptors (Lipinski definition) is 6. The van der Waals surface area contributed by atoms with E-state index in [0.29, 0.717) is 22.2 Å². The molecule has 1 aliphatic carbocycles. The molecule has 1 N–H and O–H groups in total. The van der Waals surface area contributed by atoms with E-state index in [2.05, 4.69) is 10.3 Å². The van der Waals surface area contributed by atoms with Gasteiger partial charge in [0, 0.05) is 18.0 Å². The van der Waals surface area contributed by atoms with Crippen LogP contribution in [0.15, 0.2) is 89.5 Å². The van der Waals surface area contributed by atoms with E-state index in [1.807, 2.05) is 53.4 Å². The Hall–Kier alpha value is -4.24. The topological polar surface area (TPSA) is 93.7 Å². The van der Waals surface area contributed by atoms with Crippen LogP contribution in [0.4, 0.5) is 11.4 Å². The quantitative estimate of drug-likeness (QED) is 0.161. The van der Waals surface area contributed by atoms with Crippen LogP contribution in [0, 0.1) is 10.1 Å². The van der Waals surface area contributed by atoms with Crippen molar-refractivity contribution in [3.63, 3.8) is 0 Å². The Morgan fingerprint density at radius 1 is 1.00 bits per heavy atom. The van der Waals surface area contributed by atoms with E-state index in [1.54, 1.807) is 30.5 Å². The summed E-state index contributed by atoms with van der Waals surface area (Å²) in [5, 5.41) is 15.6. The highest BCUT2D eigenvalue weighted by molar-refractivity contribution is 7.80. The first-order valence-corrected chi connectivity index (χ1v) is 13.1. The molecule has 1 saturated carbocycles. The van der Waals surface area contributed by atoms with Crippen molar-refractivity contribution in [2.45, 2.75) is 43.9 Å². The van der Waals surface area contributed by atoms with Gasteiger partial charge in [-0.15, -0.1) is 0 Å². The normalized spacial score (nSPS) is 19.5. The lowest BCUT2D eigenvalue weighted by Crippen LogP contribution is -2.29. The Bertz CT molecular complexity index is 1450. The number of nitro groups is 1. The van der Waals surface area contributed by atoms with Gasteiger partial charge in [0.15, 0.2) is 5.11 Å². The van der Waals surface area contributed by atoms with Crippen molar-refractivity contribution in [2.24, 2.45) is 0 Å². The van der Waals surface area contributed by atoms with Gasteiger partial charge in [0.05, 0.1) is 28.3 Å². The molecule has 9 heteroatoms. The number of nitro benzene ring substituents is 1. The minimum absolute atomic E-state index is 0.00977. The van der Waals surface area contributed by atoms with Gasteiger partial charge < -0.3 is 19.4 Å². The van der Waals surface area contributed by atoms with Crippen LogP contribution in [0.25, 0.3) is 11.3 Å². The molecular weight excluding hydrogens is 500 g/mol. The van der Waals surface area contributed by atoms with Crippen LogP contribution in [0.1, 0.15) is 49.2 Å². The van der Waals surface area contributed by atoms with Crippen LogP contribution in [-0.2, 0) is 0 Å². The van der Waals surface area contributed by atoms with Gasteiger partial charge in [-0.1, -0.05) is 18.2 Å². The first-order chi connectivity index (χ1) is 18.6. The van der Waals surface area contributed by atoms with E-state index in [0.717, 1.165) is 30.0 Å². The van der Waals surface area contributed by atoms with E-state index < -0.39 is 4.92 Å². The SMILES string of the molecule is O=[N+]([O-])c1ccccc1-c1ccc([C@H]2[C@@H](c3ccccn3)NC(=S)N2c2ccc(OC3CCCC3)cc2)o1. The molecule has 2 aliphatic rings. The highest BCUT2D eigenvalue weighted by atomic mass is 32.1. The number of pyridine rings is 1. The summed E-state index contributed by atoms with van der Waals surface area (Å²) in [5.74, 6) is 1.88. The second kappa shape index (κ2) is 10.3. The van der Waals surface area contributed by atoms with Crippen LogP contribution in [0.2, 0.25) is 0 Å². The predicted octanol–water partition coefficient (Wildman–Crippen LogP) is 6.75. The lowest BCUT2D eigenvalue weighted by molar-refractivity contribution is -0.384. The molecule has 0 unspecified atom stereocenters. The number of anilines is 1. The highest BCUT2D eigenvalue weighted by Gasteiger charge is 2.42. The van der Waals surface area contributed by atoms with Crippen LogP contribution < -0.4 is 15.0 Å². The summed E-state index contributed by atoms with van der Waals surface area (Å²) in [6.45, 7) is 0. The number of ether oxygens (including phenoxy) is 1. The maximum atomic E-state index is 11.6. The van der Waals surface area contributed by atoms with Gasteiger partial charge >= 0.3 is 0 Å². The van der Waals surface area contributed by atoms with Crippen molar-refractivity contribution in [1.82, 2.24) is 10.3 Å². The van der Waals surface area contributed by atoms with Crippen LogP contribution >= 0.6 is 12.2 Å². The largest absolute Gasteiger partial charge is 0.490 e. The molecular formula is C29H26N4O4S. The number of nitrogens with zero attached hydrogens (tertiary/aromatic N) is 3. The van der Waals surface area contributed by atoms with Crippen molar-refractivity contribution in [1.29, 1.82) is 0 Å². The third-order valence-electron chi connectivity index (χ3n) is 7.10. The van der Waals surface area contributed by atoms with Crippen LogP contribution in [0.5, 0.6) is 5.75 Å². The molecule has 0 amide bonds. The fraction of sp³-hybridized carbons (Fsp3) is 0.241. The zero-order valence-corrected chi connectivity index (χ0v) is 21.3. The summed E-state index contributed by atoms with van der Waals surface area (Å²) in [5.41, 5.74) is 2.11. The number of furan rings is 1. The molecule has 8 nitrogen and oxygen atoms in total. The van der Waals surface area contributed by atoms with Gasteiger partial charge in [-0.05, 0) is 92.5 Å². The van der Waals surface area contributed by atoms with Gasteiger partial charge in [0.1, 0.15) is 23.3 Å². The molecule has 3 heterocycles. The van der Waals surface area contributed by atoms with Crippen molar-refractivity contribution < 1.29 is 14.1 Å². The number of thiocarbonyl (C=S) groups is 1. The summed E-state index contributed by atoms with van der Waals surface area (Å²) in [6, 6.07) is 23.2. The van der Waals surface area contributed by atoms with E-state index in [-0.39, 0.29) is 23.9 Å². The summed E-state index contributed by atoms with van der Waals surface area (Å²) in [7, 11) is 0. The summed E-state index contributed by atoms with van der Waals surface area (Å²) >= 11 is 5.81. The van der Waals surface area contributed by atoms with Gasteiger partial charge in [-0.2, -0.15) is 0 Å². The Morgan fingerprint density at radius 2 is 1.76 bits per heavy atom. The molecule has 2 aromatic carbocycles. The second-order valence-electron chi connectivity index (χ2n) is 9.49. The molecule has 1 aliphatic heterocycles. The molecule has 2 fully saturated rings. The third kappa shape index (κ3) is 4.61. The minimum Gasteiger partial charge on any atom is -0.490 e. The van der Waals surface area contributed by atoms with Gasteiger partial charge in [-0.25, -0.2) is 0 Å². The van der Waals surface area contributed by atoms with Gasteiger partial charge in [0.25, 0.3) is 5.69 Å². The molecule has 6 rings (SSSR count). The van der Waals surface area contributed by atoms with Crippen LogP contribution in [-0.4, -0.2) is 21.1 Å². The average molecular weight is 527 g/mol. The molecule has 1 saturated heterocycles. The number of hydrogen-bond donors (Lipinski definition) is 1. The Morgan fingerprint density at radius 3 is 2.50 bits per heavy atom. The second-order valence-corrected chi connectivity index (χ2v) is 9.88. The molecule has 0 bridgehead atoms. The zero-order valence-electron chi connectivity index (χ0n) is 20.5. The molecule has 0 spiro atoms. The zero-order chi connectivity index (χ0) is 26.1. The molecule has 2 atom stereocenters. The lowest BCUT2D eigenvalue weighted by Gasteiger charge is -2.26. The smallest absolute Gasteiger partial charge is 0.280 e. The summed E-state index contributed by atoms with van der Waals surface area (Å²) in [4.78, 5) is 17.8. The standard InChI is InChI=1S/C29H26N4O4S/c34-33(35)24-11-4-3-9-22(24)25-16-17-26(37-25)28-27(23-10-5-6-18-30-23)31-29(38)32(28)19-12-14-21(15-13-19)36-20-7-1-2-8-20/h3-6,9-18,20,27-28H,1-2,7-8H2,(H,31,38)/t27-,28+/m1/s1. The number of rotatable bonds is 7. The summed E-state index contributed by atoms with van der Waals surface area (Å²) < 4.78 is 12.5. The van der Waals surface area contributed by atoms with Gasteiger partial charge in [0.2, 0.25) is 0 Å². The van der Waals surface area contributed by atoms with Crippen LogP contribution in [0.3, 0.4) is 0 Å². The number of para-hydroxylation sites is 1. The first-order valence-electron chi connectivity index (χ1n) is 12.7.